The molecule has 5 nitrogen and oxygen atoms in total. The fraction of sp³-hybridized carbons (Fsp3) is 0.0833. The molecule has 0 spiro atoms. The highest BCUT2D eigenvalue weighted by Gasteiger charge is 2.26. The number of amides is 2. The maximum atomic E-state index is 11.8. The number of hydrogen-bond donors (Lipinski definition) is 2. The standard InChI is InChI=1S/C12H8I2N2O3S/c1-19-9-5(2-6(13)4-8(9)14)3-7-10(17)15-12(20)16-11(7)18/h2-4H,1H3,(H2,15,16,17,18,20). The summed E-state index contributed by atoms with van der Waals surface area (Å²) in [6, 6.07) is 3.78. The molecule has 0 aliphatic carbocycles. The Labute approximate surface area is 147 Å². The number of ether oxygens (including phenoxy) is 1. The summed E-state index contributed by atoms with van der Waals surface area (Å²) >= 11 is 9.05. The van der Waals surface area contributed by atoms with Crippen molar-refractivity contribution in [2.45, 2.75) is 0 Å². The molecule has 1 heterocycles. The lowest BCUT2D eigenvalue weighted by Gasteiger charge is -2.17. The Kier molecular flexibility index (Phi) is 4.96. The van der Waals surface area contributed by atoms with E-state index in [1.165, 1.54) is 6.08 Å². The summed E-state index contributed by atoms with van der Waals surface area (Å²) in [6.45, 7) is 0. The summed E-state index contributed by atoms with van der Waals surface area (Å²) in [4.78, 5) is 23.6. The Hall–Kier alpha value is -0.750. The van der Waals surface area contributed by atoms with Crippen LogP contribution in [0.2, 0.25) is 0 Å². The number of carbonyl (C=O) groups is 2. The molecule has 0 unspecified atom stereocenters. The largest absolute Gasteiger partial charge is 0.495 e. The summed E-state index contributed by atoms with van der Waals surface area (Å²) in [7, 11) is 1.54. The molecule has 1 aromatic carbocycles. The van der Waals surface area contributed by atoms with Gasteiger partial charge in [0.25, 0.3) is 11.8 Å². The first-order valence-electron chi connectivity index (χ1n) is 5.33. The molecular weight excluding hydrogens is 506 g/mol. The van der Waals surface area contributed by atoms with Gasteiger partial charge in [-0.1, -0.05) is 0 Å². The third kappa shape index (κ3) is 3.28. The van der Waals surface area contributed by atoms with E-state index in [2.05, 4.69) is 55.8 Å². The fourth-order valence-corrected chi connectivity index (χ4v) is 3.96. The molecule has 1 aliphatic rings. The van der Waals surface area contributed by atoms with Gasteiger partial charge < -0.3 is 4.74 Å². The first-order valence-corrected chi connectivity index (χ1v) is 7.90. The number of thiocarbonyl (C=S) groups is 1. The van der Waals surface area contributed by atoms with Gasteiger partial charge in [-0.2, -0.15) is 0 Å². The van der Waals surface area contributed by atoms with E-state index < -0.39 is 11.8 Å². The van der Waals surface area contributed by atoms with E-state index in [4.69, 9.17) is 17.0 Å². The molecule has 0 radical (unpaired) electrons. The zero-order chi connectivity index (χ0) is 14.9. The molecule has 104 valence electrons. The molecule has 2 N–H and O–H groups in total. The molecule has 1 aromatic rings. The Morgan fingerprint density at radius 1 is 1.20 bits per heavy atom. The lowest BCUT2D eigenvalue weighted by atomic mass is 10.1. The van der Waals surface area contributed by atoms with Crippen molar-refractivity contribution in [3.05, 3.63) is 30.4 Å². The highest BCUT2D eigenvalue weighted by atomic mass is 127. The zero-order valence-corrected chi connectivity index (χ0v) is 15.3. The highest BCUT2D eigenvalue weighted by molar-refractivity contribution is 14.1. The van der Waals surface area contributed by atoms with Gasteiger partial charge in [0.1, 0.15) is 11.3 Å². The Bertz CT molecular complexity index is 636. The van der Waals surface area contributed by atoms with Crippen LogP contribution < -0.4 is 15.4 Å². The third-order valence-corrected chi connectivity index (χ3v) is 4.11. The van der Waals surface area contributed by atoms with Crippen molar-refractivity contribution in [2.75, 3.05) is 7.11 Å². The number of carbonyl (C=O) groups excluding carboxylic acids is 2. The average Bonchev–Trinajstić information content (AvgIpc) is 2.33. The van der Waals surface area contributed by atoms with Gasteiger partial charge >= 0.3 is 0 Å². The quantitative estimate of drug-likeness (QED) is 0.274. The van der Waals surface area contributed by atoms with Gasteiger partial charge in [0, 0.05) is 9.13 Å². The molecule has 2 rings (SSSR count). The van der Waals surface area contributed by atoms with Crippen LogP contribution in [0.5, 0.6) is 5.75 Å². The molecule has 0 aromatic heterocycles. The zero-order valence-electron chi connectivity index (χ0n) is 10.1. The summed E-state index contributed by atoms with van der Waals surface area (Å²) < 4.78 is 7.20. The van der Waals surface area contributed by atoms with Crippen LogP contribution >= 0.6 is 57.4 Å². The van der Waals surface area contributed by atoms with Crippen molar-refractivity contribution in [3.8, 4) is 5.75 Å². The highest BCUT2D eigenvalue weighted by Crippen LogP contribution is 2.30. The van der Waals surface area contributed by atoms with Crippen LogP contribution in [0.25, 0.3) is 6.08 Å². The minimum Gasteiger partial charge on any atom is -0.495 e. The van der Waals surface area contributed by atoms with Gasteiger partial charge in [0.05, 0.1) is 10.7 Å². The first kappa shape index (κ1) is 15.6. The molecule has 8 heteroatoms. The smallest absolute Gasteiger partial charge is 0.263 e. The summed E-state index contributed by atoms with van der Waals surface area (Å²) in [5, 5.41) is 4.80. The number of nitrogens with one attached hydrogen (secondary N) is 2. The molecule has 0 atom stereocenters. The number of rotatable bonds is 2. The van der Waals surface area contributed by atoms with E-state index in [0.717, 1.165) is 7.14 Å². The second-order valence-electron chi connectivity index (χ2n) is 3.81. The maximum Gasteiger partial charge on any atom is 0.263 e. The van der Waals surface area contributed by atoms with Crippen molar-refractivity contribution < 1.29 is 14.3 Å². The van der Waals surface area contributed by atoms with Crippen LogP contribution in [0, 0.1) is 7.14 Å². The lowest BCUT2D eigenvalue weighted by Crippen LogP contribution is -2.51. The van der Waals surface area contributed by atoms with Crippen LogP contribution in [0.4, 0.5) is 0 Å². The van der Waals surface area contributed by atoms with E-state index in [1.54, 1.807) is 7.11 Å². The molecule has 20 heavy (non-hydrogen) atoms. The van der Waals surface area contributed by atoms with Gasteiger partial charge in [-0.25, -0.2) is 0 Å². The summed E-state index contributed by atoms with van der Waals surface area (Å²) in [5.74, 6) is -0.420. The number of benzene rings is 1. The van der Waals surface area contributed by atoms with Crippen LogP contribution in [0.15, 0.2) is 17.7 Å². The average molecular weight is 514 g/mol. The van der Waals surface area contributed by atoms with Gasteiger partial charge in [0.15, 0.2) is 5.11 Å². The van der Waals surface area contributed by atoms with Crippen molar-refractivity contribution in [1.29, 1.82) is 0 Å². The van der Waals surface area contributed by atoms with Crippen LogP contribution in [0.1, 0.15) is 5.56 Å². The molecule has 1 saturated heterocycles. The maximum absolute atomic E-state index is 11.8. The topological polar surface area (TPSA) is 67.4 Å². The summed E-state index contributed by atoms with van der Waals surface area (Å²) in [5.41, 5.74) is 0.659. The van der Waals surface area contributed by atoms with Crippen molar-refractivity contribution in [3.63, 3.8) is 0 Å². The van der Waals surface area contributed by atoms with Gasteiger partial charge in [-0.05, 0) is 75.6 Å². The van der Waals surface area contributed by atoms with E-state index in [-0.39, 0.29) is 10.7 Å². The summed E-state index contributed by atoms with van der Waals surface area (Å²) in [6.07, 6.45) is 1.50. The van der Waals surface area contributed by atoms with Crippen molar-refractivity contribution in [2.24, 2.45) is 0 Å². The molecule has 2 amide bonds. The monoisotopic (exact) mass is 514 g/mol. The Morgan fingerprint density at radius 3 is 2.35 bits per heavy atom. The van der Waals surface area contributed by atoms with Crippen LogP contribution in [-0.2, 0) is 9.59 Å². The van der Waals surface area contributed by atoms with Gasteiger partial charge in [-0.3, -0.25) is 20.2 Å². The second-order valence-corrected chi connectivity index (χ2v) is 6.62. The molecular formula is C12H8I2N2O3S. The number of methoxy groups -OCH3 is 1. The van der Waals surface area contributed by atoms with Crippen LogP contribution in [0.3, 0.4) is 0 Å². The minimum atomic E-state index is -0.519. The Morgan fingerprint density at radius 2 is 1.80 bits per heavy atom. The molecule has 1 fully saturated rings. The first-order chi connectivity index (χ1) is 9.42. The molecule has 1 aliphatic heterocycles. The number of halogens is 2. The van der Waals surface area contributed by atoms with Crippen molar-refractivity contribution >= 4 is 80.4 Å². The molecule has 0 saturated carbocycles. The van der Waals surface area contributed by atoms with E-state index in [0.29, 0.717) is 11.3 Å². The SMILES string of the molecule is COc1c(I)cc(I)cc1C=C1C(=O)NC(=S)NC1=O. The predicted molar refractivity (Wildman–Crippen MR) is 95.3 cm³/mol. The van der Waals surface area contributed by atoms with E-state index in [1.807, 2.05) is 12.1 Å². The molecule has 0 bridgehead atoms. The van der Waals surface area contributed by atoms with Gasteiger partial charge in [-0.15, -0.1) is 0 Å². The van der Waals surface area contributed by atoms with Crippen LogP contribution in [-0.4, -0.2) is 24.0 Å². The normalized spacial score (nSPS) is 14.8. The third-order valence-electron chi connectivity index (χ3n) is 2.48. The van der Waals surface area contributed by atoms with Crippen molar-refractivity contribution in [1.82, 2.24) is 10.6 Å². The number of hydrogen-bond acceptors (Lipinski definition) is 4. The lowest BCUT2D eigenvalue weighted by molar-refractivity contribution is -0.123. The fourth-order valence-electron chi connectivity index (χ4n) is 1.66. The van der Waals surface area contributed by atoms with E-state index >= 15 is 0 Å². The predicted octanol–water partition coefficient (Wildman–Crippen LogP) is 1.82. The Balaban J connectivity index is 2.52. The second kappa shape index (κ2) is 6.35. The van der Waals surface area contributed by atoms with E-state index in [9.17, 15) is 9.59 Å². The van der Waals surface area contributed by atoms with Gasteiger partial charge in [0.2, 0.25) is 0 Å². The minimum absolute atomic E-state index is 0.00491.